The average Bonchev–Trinajstić information content (AvgIpc) is 3.31. The lowest BCUT2D eigenvalue weighted by Crippen LogP contribution is -2.40. The van der Waals surface area contributed by atoms with Crippen molar-refractivity contribution in [2.45, 2.75) is 37.8 Å². The number of nitrogens with zero attached hydrogens (tertiary/aromatic N) is 2. The van der Waals surface area contributed by atoms with Gasteiger partial charge in [-0.2, -0.15) is 0 Å². The Morgan fingerprint density at radius 3 is 2.34 bits per heavy atom. The Morgan fingerprint density at radius 1 is 1.05 bits per heavy atom. The summed E-state index contributed by atoms with van der Waals surface area (Å²) < 4.78 is 34.1. The molecule has 2 amide bonds. The molecule has 1 N–H and O–H groups in total. The van der Waals surface area contributed by atoms with Gasteiger partial charge >= 0.3 is 0 Å². The highest BCUT2D eigenvalue weighted by molar-refractivity contribution is 9.10. The fourth-order valence-corrected chi connectivity index (χ4v) is 6.34. The number of rotatable bonds is 10. The first-order chi connectivity index (χ1) is 18.2. The number of ether oxygens (including phenoxy) is 1. The molecule has 0 saturated carbocycles. The van der Waals surface area contributed by atoms with Gasteiger partial charge in [0, 0.05) is 26.1 Å². The van der Waals surface area contributed by atoms with Gasteiger partial charge in [0.15, 0.2) is 0 Å². The second-order valence-corrected chi connectivity index (χ2v) is 11.9. The van der Waals surface area contributed by atoms with E-state index < -0.39 is 15.9 Å². The van der Waals surface area contributed by atoms with Crippen LogP contribution < -0.4 is 14.4 Å². The summed E-state index contributed by atoms with van der Waals surface area (Å²) in [6.45, 7) is 3.13. The van der Waals surface area contributed by atoms with Crippen LogP contribution in [-0.4, -0.2) is 45.3 Å². The molecule has 0 aromatic heterocycles. The Kier molecular flexibility index (Phi) is 8.73. The molecule has 3 aromatic carbocycles. The molecule has 0 unspecified atom stereocenters. The predicted molar refractivity (Wildman–Crippen MR) is 149 cm³/mol. The smallest absolute Gasteiger partial charge is 0.264 e. The lowest BCUT2D eigenvalue weighted by Gasteiger charge is -2.24. The molecule has 4 rings (SSSR count). The molecule has 0 aliphatic carbocycles. The fourth-order valence-electron chi connectivity index (χ4n) is 4.20. The van der Waals surface area contributed by atoms with Gasteiger partial charge < -0.3 is 15.0 Å². The van der Waals surface area contributed by atoms with Gasteiger partial charge in [0.05, 0.1) is 22.2 Å². The van der Waals surface area contributed by atoms with Crippen molar-refractivity contribution >= 4 is 43.5 Å². The minimum atomic E-state index is -4.06. The maximum absolute atomic E-state index is 13.6. The van der Waals surface area contributed by atoms with E-state index in [1.807, 2.05) is 36.1 Å². The number of methoxy groups -OCH3 is 1. The molecular formula is C28H30BrN3O5S. The standard InChI is InChI=1S/C28H30BrN3O5S/c1-20-5-11-23(12-6-20)32(38(35,36)24-13-14-26(37-2)25(29)16-24)19-27(33)30-17-21-7-9-22(10-8-21)18-31-15-3-4-28(31)34/h5-14,16H,3-4,15,17-19H2,1-2H3,(H,30,33). The molecule has 1 aliphatic rings. The van der Waals surface area contributed by atoms with Crippen LogP contribution in [-0.2, 0) is 32.7 Å². The van der Waals surface area contributed by atoms with Gasteiger partial charge in [-0.1, -0.05) is 42.0 Å². The first-order valence-corrected chi connectivity index (χ1v) is 14.5. The third-order valence-electron chi connectivity index (χ3n) is 6.38. The zero-order chi connectivity index (χ0) is 27.3. The third kappa shape index (κ3) is 6.54. The summed E-state index contributed by atoms with van der Waals surface area (Å²) in [5.41, 5.74) is 3.26. The maximum atomic E-state index is 13.6. The summed E-state index contributed by atoms with van der Waals surface area (Å²) in [5.74, 6) is 0.242. The van der Waals surface area contributed by atoms with Crippen LogP contribution in [0, 0.1) is 6.92 Å². The normalized spacial score (nSPS) is 13.4. The van der Waals surface area contributed by atoms with E-state index in [2.05, 4.69) is 21.2 Å². The number of aryl methyl sites for hydroxylation is 1. The first kappa shape index (κ1) is 27.7. The monoisotopic (exact) mass is 599 g/mol. The lowest BCUT2D eigenvalue weighted by molar-refractivity contribution is -0.128. The number of carbonyl (C=O) groups excluding carboxylic acids is 2. The van der Waals surface area contributed by atoms with E-state index in [9.17, 15) is 18.0 Å². The van der Waals surface area contributed by atoms with Crippen LogP contribution in [0.5, 0.6) is 5.75 Å². The van der Waals surface area contributed by atoms with E-state index in [0.717, 1.165) is 34.0 Å². The molecule has 1 saturated heterocycles. The molecule has 3 aromatic rings. The molecule has 0 bridgehead atoms. The van der Waals surface area contributed by atoms with Crippen molar-refractivity contribution < 1.29 is 22.7 Å². The summed E-state index contributed by atoms with van der Waals surface area (Å²) in [4.78, 5) is 26.7. The number of likely N-dealkylation sites (tertiary alicyclic amines) is 1. The number of hydrogen-bond donors (Lipinski definition) is 1. The van der Waals surface area contributed by atoms with E-state index in [-0.39, 0.29) is 23.9 Å². The Morgan fingerprint density at radius 2 is 1.74 bits per heavy atom. The average molecular weight is 601 g/mol. The minimum Gasteiger partial charge on any atom is -0.496 e. The van der Waals surface area contributed by atoms with Gasteiger partial charge in [-0.3, -0.25) is 13.9 Å². The van der Waals surface area contributed by atoms with Crippen LogP contribution in [0.25, 0.3) is 0 Å². The summed E-state index contributed by atoms with van der Waals surface area (Å²) in [6, 6.07) is 19.1. The Bertz CT molecular complexity index is 1410. The van der Waals surface area contributed by atoms with Crippen LogP contribution in [0.1, 0.15) is 29.5 Å². The molecule has 1 fully saturated rings. The van der Waals surface area contributed by atoms with Crippen molar-refractivity contribution in [3.05, 3.63) is 87.9 Å². The third-order valence-corrected chi connectivity index (χ3v) is 8.77. The highest BCUT2D eigenvalue weighted by Gasteiger charge is 2.28. The number of carbonyl (C=O) groups is 2. The highest BCUT2D eigenvalue weighted by atomic mass is 79.9. The number of benzene rings is 3. The van der Waals surface area contributed by atoms with Crippen molar-refractivity contribution in [2.75, 3.05) is 24.5 Å². The Labute approximate surface area is 231 Å². The number of nitrogens with one attached hydrogen (secondary N) is 1. The topological polar surface area (TPSA) is 96.0 Å². The number of sulfonamides is 1. The Balaban J connectivity index is 1.46. The minimum absolute atomic E-state index is 0.0330. The Hall–Kier alpha value is -3.37. The van der Waals surface area contributed by atoms with E-state index in [0.29, 0.717) is 28.9 Å². The van der Waals surface area contributed by atoms with Crippen LogP contribution in [0.4, 0.5) is 5.69 Å². The number of hydrogen-bond acceptors (Lipinski definition) is 5. The number of amides is 2. The van der Waals surface area contributed by atoms with Crippen LogP contribution >= 0.6 is 15.9 Å². The van der Waals surface area contributed by atoms with Gasteiger partial charge in [-0.15, -0.1) is 0 Å². The molecule has 8 nitrogen and oxygen atoms in total. The predicted octanol–water partition coefficient (Wildman–Crippen LogP) is 4.40. The van der Waals surface area contributed by atoms with E-state index in [4.69, 9.17) is 4.74 Å². The van der Waals surface area contributed by atoms with Crippen LogP contribution in [0.2, 0.25) is 0 Å². The highest BCUT2D eigenvalue weighted by Crippen LogP contribution is 2.30. The molecule has 1 heterocycles. The zero-order valence-corrected chi connectivity index (χ0v) is 23.7. The van der Waals surface area contributed by atoms with Gasteiger partial charge in [0.25, 0.3) is 10.0 Å². The maximum Gasteiger partial charge on any atom is 0.264 e. The molecule has 0 radical (unpaired) electrons. The SMILES string of the molecule is COc1ccc(S(=O)(=O)N(CC(=O)NCc2ccc(CN3CCCC3=O)cc2)c2ccc(C)cc2)cc1Br. The van der Waals surface area contributed by atoms with Gasteiger partial charge in [0.2, 0.25) is 11.8 Å². The van der Waals surface area contributed by atoms with Gasteiger partial charge in [0.1, 0.15) is 12.3 Å². The molecule has 0 spiro atoms. The quantitative estimate of drug-likeness (QED) is 0.372. The first-order valence-electron chi connectivity index (χ1n) is 12.2. The van der Waals surface area contributed by atoms with Crippen molar-refractivity contribution in [1.29, 1.82) is 0 Å². The van der Waals surface area contributed by atoms with Crippen LogP contribution in [0.15, 0.2) is 76.1 Å². The van der Waals surface area contributed by atoms with Crippen molar-refractivity contribution in [2.24, 2.45) is 0 Å². The summed E-state index contributed by atoms with van der Waals surface area (Å²) >= 11 is 3.34. The van der Waals surface area contributed by atoms with Crippen molar-refractivity contribution in [3.8, 4) is 5.75 Å². The van der Waals surface area contributed by atoms with Gasteiger partial charge in [-0.05, 0) is 70.7 Å². The molecular weight excluding hydrogens is 570 g/mol. The van der Waals surface area contributed by atoms with E-state index in [1.165, 1.54) is 19.2 Å². The number of halogens is 1. The molecule has 0 atom stereocenters. The van der Waals surface area contributed by atoms with Gasteiger partial charge in [-0.25, -0.2) is 8.42 Å². The summed E-state index contributed by atoms with van der Waals surface area (Å²) in [6.07, 6.45) is 1.50. The second-order valence-electron chi connectivity index (χ2n) is 9.16. The van der Waals surface area contributed by atoms with Crippen molar-refractivity contribution in [1.82, 2.24) is 10.2 Å². The molecule has 1 aliphatic heterocycles. The number of anilines is 1. The zero-order valence-electron chi connectivity index (χ0n) is 21.3. The molecule has 38 heavy (non-hydrogen) atoms. The summed E-state index contributed by atoms with van der Waals surface area (Å²) in [7, 11) is -2.56. The van der Waals surface area contributed by atoms with E-state index >= 15 is 0 Å². The molecule has 200 valence electrons. The summed E-state index contributed by atoms with van der Waals surface area (Å²) in [5, 5.41) is 2.82. The second kappa shape index (κ2) is 12.0. The van der Waals surface area contributed by atoms with Crippen LogP contribution in [0.3, 0.4) is 0 Å². The van der Waals surface area contributed by atoms with E-state index in [1.54, 1.807) is 30.3 Å². The largest absolute Gasteiger partial charge is 0.496 e. The fraction of sp³-hybridized carbons (Fsp3) is 0.286. The van der Waals surface area contributed by atoms with Crippen molar-refractivity contribution in [3.63, 3.8) is 0 Å². The molecule has 10 heteroatoms. The lowest BCUT2D eigenvalue weighted by atomic mass is 10.1.